The molecule has 12 heteroatoms. The number of benzene rings is 4. The van der Waals surface area contributed by atoms with Crippen LogP contribution in [0.4, 0.5) is 11.4 Å². The number of halogens is 3. The molecule has 44 heavy (non-hydrogen) atoms. The molecule has 218 valence electrons. The van der Waals surface area contributed by atoms with E-state index in [0.717, 1.165) is 33.2 Å². The normalized spacial score (nSPS) is 23.0. The summed E-state index contributed by atoms with van der Waals surface area (Å²) < 4.78 is 0. The second-order valence-corrected chi connectivity index (χ2v) is 12.0. The van der Waals surface area contributed by atoms with Crippen LogP contribution in [0.3, 0.4) is 0 Å². The Morgan fingerprint density at radius 3 is 2.14 bits per heavy atom. The molecule has 1 heterocycles. The lowest BCUT2D eigenvalue weighted by Gasteiger charge is -2.52. The minimum absolute atomic E-state index is 0.0944. The first-order chi connectivity index (χ1) is 21.1. The number of hydrogen-bond donors (Lipinski definition) is 1. The number of imide groups is 1. The largest absolute Gasteiger partial charge is 0.294 e. The zero-order chi connectivity index (χ0) is 30.9. The quantitative estimate of drug-likeness (QED) is 0.115. The van der Waals surface area contributed by atoms with E-state index in [-0.39, 0.29) is 21.3 Å². The molecule has 0 saturated carbocycles. The first kappa shape index (κ1) is 28.2. The molecule has 0 radical (unpaired) electrons. The minimum atomic E-state index is -1.30. The summed E-state index contributed by atoms with van der Waals surface area (Å²) in [5.74, 6) is -4.17. The van der Waals surface area contributed by atoms with Crippen molar-refractivity contribution >= 4 is 70.1 Å². The van der Waals surface area contributed by atoms with Gasteiger partial charge in [-0.25, -0.2) is 10.3 Å². The smallest absolute Gasteiger partial charge is 0.274 e. The molecule has 1 N–H and O–H groups in total. The fourth-order valence-corrected chi connectivity index (χ4v) is 7.71. The monoisotopic (exact) mass is 644 g/mol. The Kier molecular flexibility index (Phi) is 6.58. The Morgan fingerprint density at radius 2 is 1.50 bits per heavy atom. The highest BCUT2D eigenvalue weighted by Gasteiger charge is 2.68. The van der Waals surface area contributed by atoms with Gasteiger partial charge < -0.3 is 0 Å². The van der Waals surface area contributed by atoms with E-state index in [1.165, 1.54) is 36.5 Å². The summed E-state index contributed by atoms with van der Waals surface area (Å²) in [6.45, 7) is 0. The van der Waals surface area contributed by atoms with Gasteiger partial charge in [-0.15, -0.1) is 0 Å². The highest BCUT2D eigenvalue weighted by atomic mass is 35.5. The average Bonchev–Trinajstić information content (AvgIpc) is 3.27. The minimum Gasteiger partial charge on any atom is -0.274 e. The number of hydrazone groups is 1. The van der Waals surface area contributed by atoms with Crippen molar-refractivity contribution in [3.63, 3.8) is 0 Å². The van der Waals surface area contributed by atoms with Crippen molar-refractivity contribution in [3.8, 4) is 0 Å². The summed E-state index contributed by atoms with van der Waals surface area (Å²) in [6.07, 6.45) is 1.49. The fraction of sp³-hybridized carbons (Fsp3) is 0.125. The van der Waals surface area contributed by atoms with Crippen LogP contribution in [0.5, 0.6) is 0 Å². The van der Waals surface area contributed by atoms with E-state index in [1.807, 2.05) is 48.5 Å². The van der Waals surface area contributed by atoms with Gasteiger partial charge in [0.15, 0.2) is 0 Å². The van der Waals surface area contributed by atoms with Gasteiger partial charge in [0.2, 0.25) is 11.8 Å². The average molecular weight is 646 g/mol. The molecule has 4 aromatic carbocycles. The highest BCUT2D eigenvalue weighted by molar-refractivity contribution is 6.36. The summed E-state index contributed by atoms with van der Waals surface area (Å²) in [5.41, 5.74) is 3.90. The van der Waals surface area contributed by atoms with E-state index in [2.05, 4.69) is 10.5 Å². The Balaban J connectivity index is 1.41. The molecule has 1 aliphatic heterocycles. The van der Waals surface area contributed by atoms with Gasteiger partial charge >= 0.3 is 0 Å². The summed E-state index contributed by atoms with van der Waals surface area (Å²) in [4.78, 5) is 54.1. The van der Waals surface area contributed by atoms with E-state index in [9.17, 15) is 24.5 Å². The molecule has 1 fully saturated rings. The standard InChI is InChI=1S/C32H19Cl3N4O5/c33-16-9-11-20(23(35)13-16)29(40)37-36-15-32-21-7-3-1-5-18(21)26(19-6-2-4-8-22(19)32)27-28(32)31(42)38(30(27)41)24-12-10-17(34)14-25(24)39(43)44/h1-15,26-28H,(H,37,40)/b36-15-/t26?,27-,28+,32?/m1/s1. The number of nitro benzene ring substituents is 1. The molecule has 4 aliphatic rings. The van der Waals surface area contributed by atoms with Crippen LogP contribution < -0.4 is 10.3 Å². The SMILES string of the molecule is O=C(N/N=C\C12c3ccccc3C(c3ccccc31)[C@H]1C(=O)N(c3ccc(Cl)cc3[N+](=O)[O-])C(=O)[C@H]12)c1ccc(Cl)cc1Cl. The molecule has 9 nitrogen and oxygen atoms in total. The molecule has 3 aliphatic carbocycles. The number of carbonyl (C=O) groups is 3. The first-order valence-corrected chi connectivity index (χ1v) is 14.6. The van der Waals surface area contributed by atoms with Crippen molar-refractivity contribution in [2.75, 3.05) is 4.90 Å². The topological polar surface area (TPSA) is 122 Å². The molecule has 0 spiro atoms. The predicted octanol–water partition coefficient (Wildman–Crippen LogP) is 6.52. The van der Waals surface area contributed by atoms with Crippen molar-refractivity contribution in [2.45, 2.75) is 11.3 Å². The van der Waals surface area contributed by atoms with Gasteiger partial charge in [-0.3, -0.25) is 24.5 Å². The molecule has 2 bridgehead atoms. The maximum Gasteiger partial charge on any atom is 0.294 e. The molecule has 0 aromatic heterocycles. The van der Waals surface area contributed by atoms with Gasteiger partial charge in [-0.2, -0.15) is 5.10 Å². The third-order valence-corrected chi connectivity index (χ3v) is 9.45. The number of nitro groups is 1. The maximum atomic E-state index is 14.5. The van der Waals surface area contributed by atoms with Crippen molar-refractivity contribution in [3.05, 3.63) is 138 Å². The second-order valence-electron chi connectivity index (χ2n) is 10.7. The van der Waals surface area contributed by atoms with Crippen LogP contribution in [0.15, 0.2) is 90.0 Å². The van der Waals surface area contributed by atoms with Gasteiger partial charge in [0, 0.05) is 28.2 Å². The van der Waals surface area contributed by atoms with Crippen LogP contribution in [-0.2, 0) is 15.0 Å². The predicted molar refractivity (Wildman–Crippen MR) is 166 cm³/mol. The lowest BCUT2D eigenvalue weighted by atomic mass is 9.47. The van der Waals surface area contributed by atoms with Gasteiger partial charge in [0.25, 0.3) is 11.6 Å². The third-order valence-electron chi connectivity index (χ3n) is 8.67. The summed E-state index contributed by atoms with van der Waals surface area (Å²) in [7, 11) is 0. The van der Waals surface area contributed by atoms with Crippen LogP contribution in [0.1, 0.15) is 38.5 Å². The van der Waals surface area contributed by atoms with Gasteiger partial charge in [0.1, 0.15) is 5.69 Å². The van der Waals surface area contributed by atoms with E-state index in [1.54, 1.807) is 0 Å². The van der Waals surface area contributed by atoms with Crippen LogP contribution in [0, 0.1) is 22.0 Å². The van der Waals surface area contributed by atoms with Gasteiger partial charge in [0.05, 0.1) is 32.8 Å². The molecular formula is C32H19Cl3N4O5. The van der Waals surface area contributed by atoms with E-state index in [4.69, 9.17) is 34.8 Å². The Bertz CT molecular complexity index is 1930. The van der Waals surface area contributed by atoms with Crippen molar-refractivity contribution in [2.24, 2.45) is 16.9 Å². The number of amides is 3. The zero-order valence-corrected chi connectivity index (χ0v) is 24.7. The molecule has 2 atom stereocenters. The van der Waals surface area contributed by atoms with Crippen LogP contribution in [0.2, 0.25) is 15.1 Å². The number of nitrogens with zero attached hydrogens (tertiary/aromatic N) is 3. The molecular weight excluding hydrogens is 627 g/mol. The summed E-state index contributed by atoms with van der Waals surface area (Å²) in [6, 6.07) is 23.2. The van der Waals surface area contributed by atoms with Crippen LogP contribution in [-0.4, -0.2) is 28.9 Å². The van der Waals surface area contributed by atoms with E-state index in [0.29, 0.717) is 5.02 Å². The lowest BCUT2D eigenvalue weighted by Crippen LogP contribution is -2.54. The second kappa shape index (κ2) is 10.3. The summed E-state index contributed by atoms with van der Waals surface area (Å²) >= 11 is 18.3. The molecule has 0 unspecified atom stereocenters. The first-order valence-electron chi connectivity index (χ1n) is 13.5. The Labute approximate surface area is 265 Å². The van der Waals surface area contributed by atoms with Crippen molar-refractivity contribution < 1.29 is 19.3 Å². The molecule has 1 saturated heterocycles. The molecule has 3 amide bonds. The van der Waals surface area contributed by atoms with Gasteiger partial charge in [-0.05, 0) is 52.6 Å². The number of rotatable bonds is 5. The van der Waals surface area contributed by atoms with Gasteiger partial charge in [-0.1, -0.05) is 83.3 Å². The number of carbonyl (C=O) groups excluding carboxylic acids is 3. The lowest BCUT2D eigenvalue weighted by molar-refractivity contribution is -0.384. The number of anilines is 1. The van der Waals surface area contributed by atoms with Crippen LogP contribution in [0.25, 0.3) is 0 Å². The van der Waals surface area contributed by atoms with Crippen LogP contribution >= 0.6 is 34.8 Å². The number of hydrogen-bond acceptors (Lipinski definition) is 6. The van der Waals surface area contributed by atoms with Crippen molar-refractivity contribution in [1.29, 1.82) is 0 Å². The van der Waals surface area contributed by atoms with E-state index >= 15 is 0 Å². The van der Waals surface area contributed by atoms with Crippen molar-refractivity contribution in [1.82, 2.24) is 5.43 Å². The number of nitrogens with one attached hydrogen (secondary N) is 1. The fourth-order valence-electron chi connectivity index (χ4n) is 7.05. The molecule has 4 aromatic rings. The molecule has 8 rings (SSSR count). The zero-order valence-electron chi connectivity index (χ0n) is 22.4. The Hall–Kier alpha value is -4.57. The highest BCUT2D eigenvalue weighted by Crippen LogP contribution is 2.64. The third kappa shape index (κ3) is 3.93. The Morgan fingerprint density at radius 1 is 0.886 bits per heavy atom. The maximum absolute atomic E-state index is 14.5. The summed E-state index contributed by atoms with van der Waals surface area (Å²) in [5, 5.41) is 16.9. The van der Waals surface area contributed by atoms with E-state index < -0.39 is 51.5 Å².